The van der Waals surface area contributed by atoms with Gasteiger partial charge in [0.2, 0.25) is 0 Å². The number of rotatable bonds is 12. The number of halogens is 1. The second kappa shape index (κ2) is 16.2. The Bertz CT molecular complexity index is 1010. The van der Waals surface area contributed by atoms with Gasteiger partial charge in [-0.25, -0.2) is 14.4 Å². The van der Waals surface area contributed by atoms with Crippen LogP contribution in [0.2, 0.25) is 0 Å². The maximum Gasteiger partial charge on any atom is 0.329 e. The van der Waals surface area contributed by atoms with Gasteiger partial charge in [-0.05, 0) is 119 Å². The van der Waals surface area contributed by atoms with Crippen molar-refractivity contribution < 1.29 is 28.7 Å². The van der Waals surface area contributed by atoms with E-state index in [0.29, 0.717) is 13.0 Å². The zero-order chi connectivity index (χ0) is 31.4. The summed E-state index contributed by atoms with van der Waals surface area (Å²) in [5.41, 5.74) is -0.936. The van der Waals surface area contributed by atoms with Crippen LogP contribution in [0, 0.1) is 8.99 Å². The lowest BCUT2D eigenvalue weighted by molar-refractivity contribution is -0.158. The molecule has 1 aromatic carbocycles. The number of hydrogen-bond acceptors (Lipinski definition) is 6. The summed E-state index contributed by atoms with van der Waals surface area (Å²) in [5.74, 6) is -1.07. The summed E-state index contributed by atoms with van der Waals surface area (Å²) in [6.45, 7) is 17.1. The zero-order valence-electron chi connectivity index (χ0n) is 26.0. The fraction of sp³-hybridized carbons (Fsp3) is 0.667. The number of esters is 2. The number of carbonyl (C=O) groups is 4. The third kappa shape index (κ3) is 17.1. The number of unbranched alkanes of at least 4 members (excludes halogenated alkanes) is 1. The fourth-order valence-electron chi connectivity index (χ4n) is 3.74. The summed E-state index contributed by atoms with van der Waals surface area (Å²) in [6.07, 6.45) is 2.17. The first-order valence-corrected chi connectivity index (χ1v) is 15.2. The van der Waals surface area contributed by atoms with Crippen molar-refractivity contribution in [1.29, 1.82) is 0 Å². The summed E-state index contributed by atoms with van der Waals surface area (Å²) in [7, 11) is 0. The maximum absolute atomic E-state index is 13.0. The van der Waals surface area contributed by atoms with Gasteiger partial charge in [0, 0.05) is 28.3 Å². The molecule has 0 aliphatic carbocycles. The fourth-order valence-corrected chi connectivity index (χ4v) is 4.10. The van der Waals surface area contributed by atoms with Crippen molar-refractivity contribution in [3.8, 4) is 0 Å². The number of nitrogens with one attached hydrogen (secondary N) is 4. The van der Waals surface area contributed by atoms with Gasteiger partial charge in [0.05, 0.1) is 0 Å². The molecule has 41 heavy (non-hydrogen) atoms. The average molecular weight is 687 g/mol. The largest absolute Gasteiger partial charge is 0.460 e. The van der Waals surface area contributed by atoms with E-state index in [1.807, 2.05) is 45.0 Å². The van der Waals surface area contributed by atoms with E-state index in [0.717, 1.165) is 22.1 Å². The second-order valence-corrected chi connectivity index (χ2v) is 14.4. The molecule has 0 saturated carbocycles. The topological polar surface area (TPSA) is 135 Å². The number of benzene rings is 1. The first-order valence-electron chi connectivity index (χ1n) is 14.1. The molecule has 0 aromatic heterocycles. The quantitative estimate of drug-likeness (QED) is 0.119. The molecule has 1 aromatic rings. The third-order valence-corrected chi connectivity index (χ3v) is 6.43. The molecule has 0 unspecified atom stereocenters. The molecule has 232 valence electrons. The van der Waals surface area contributed by atoms with Crippen LogP contribution in [0.3, 0.4) is 0 Å². The molecule has 0 aliphatic rings. The van der Waals surface area contributed by atoms with E-state index in [-0.39, 0.29) is 30.3 Å². The number of anilines is 1. The summed E-state index contributed by atoms with van der Waals surface area (Å²) in [6, 6.07) is 5.53. The highest BCUT2D eigenvalue weighted by molar-refractivity contribution is 14.1. The van der Waals surface area contributed by atoms with Gasteiger partial charge in [-0.2, -0.15) is 0 Å². The lowest BCUT2D eigenvalue weighted by atomic mass is 9.84. The molecule has 2 atom stereocenters. The van der Waals surface area contributed by atoms with E-state index in [2.05, 4.69) is 43.9 Å². The summed E-state index contributed by atoms with van der Waals surface area (Å²) >= 11 is 2.21. The van der Waals surface area contributed by atoms with Crippen LogP contribution in [0.15, 0.2) is 24.3 Å². The molecular formula is C30H49IN4O6. The van der Waals surface area contributed by atoms with Crippen LogP contribution < -0.4 is 21.3 Å². The third-order valence-electron chi connectivity index (χ3n) is 5.71. The van der Waals surface area contributed by atoms with E-state index in [4.69, 9.17) is 9.47 Å². The number of carbonyl (C=O) groups excluding carboxylic acids is 4. The number of urea groups is 2. The van der Waals surface area contributed by atoms with Gasteiger partial charge >= 0.3 is 24.0 Å². The average Bonchev–Trinajstić information content (AvgIpc) is 2.79. The highest BCUT2D eigenvalue weighted by atomic mass is 125. The lowest BCUT2D eigenvalue weighted by Crippen LogP contribution is -2.53. The number of ether oxygens (including phenoxy) is 2. The first-order chi connectivity index (χ1) is 18.7. The smallest absolute Gasteiger partial charge is 0.329 e. The van der Waals surface area contributed by atoms with Gasteiger partial charge in [-0.3, -0.25) is 4.79 Å². The Hall–Kier alpha value is -2.57. The molecule has 4 N–H and O–H groups in total. The molecule has 4 amide bonds. The Morgan fingerprint density at radius 2 is 1.37 bits per heavy atom. The van der Waals surface area contributed by atoms with Gasteiger partial charge in [-0.15, -0.1) is 0 Å². The number of amides is 4. The molecule has 11 heteroatoms. The van der Waals surface area contributed by atoms with Gasteiger partial charge in [0.1, 0.15) is 17.2 Å². The molecule has 0 spiro atoms. The van der Waals surface area contributed by atoms with Crippen LogP contribution >= 0.6 is 22.6 Å². The molecule has 0 saturated heterocycles. The second-order valence-electron chi connectivity index (χ2n) is 13.1. The zero-order valence-corrected chi connectivity index (χ0v) is 28.2. The highest BCUT2D eigenvalue weighted by Crippen LogP contribution is 2.23. The van der Waals surface area contributed by atoms with Gasteiger partial charge < -0.3 is 30.7 Å². The standard InChI is InChI=1S/C30H49IN4O6/c1-28(2,3)23(12-10-11-19-32-26(38)33-21-15-13-20(31)14-16-21)35-27(39)34-22(25(37)41-30(7,8)9)17-18-24(36)40-29(4,5)6/h13-16,22-23H,10-12,17-19H2,1-9H3,(H2,32,33,38)(H2,34,35,39)/t22-,23-/m0/s1/i31-2. The van der Waals surface area contributed by atoms with Crippen LogP contribution in [0.5, 0.6) is 0 Å². The normalized spacial score (nSPS) is 13.4. The van der Waals surface area contributed by atoms with E-state index in [1.54, 1.807) is 41.5 Å². The van der Waals surface area contributed by atoms with Crippen molar-refractivity contribution in [3.63, 3.8) is 0 Å². The summed E-state index contributed by atoms with van der Waals surface area (Å²) in [5, 5.41) is 11.4. The Morgan fingerprint density at radius 1 is 0.780 bits per heavy atom. The van der Waals surface area contributed by atoms with Crippen molar-refractivity contribution in [2.24, 2.45) is 5.41 Å². The predicted octanol–water partition coefficient (Wildman–Crippen LogP) is 6.13. The molecule has 10 nitrogen and oxygen atoms in total. The monoisotopic (exact) mass is 686 g/mol. The van der Waals surface area contributed by atoms with Gasteiger partial charge in [0.25, 0.3) is 0 Å². The van der Waals surface area contributed by atoms with Crippen molar-refractivity contribution in [2.75, 3.05) is 11.9 Å². The van der Waals surface area contributed by atoms with Crippen molar-refractivity contribution in [1.82, 2.24) is 16.0 Å². The van der Waals surface area contributed by atoms with Crippen LogP contribution in [0.25, 0.3) is 0 Å². The minimum Gasteiger partial charge on any atom is -0.460 e. The molecular weight excluding hydrogens is 637 g/mol. The number of hydrogen-bond donors (Lipinski definition) is 4. The maximum atomic E-state index is 13.0. The summed E-state index contributed by atoms with van der Waals surface area (Å²) < 4.78 is 11.9. The van der Waals surface area contributed by atoms with E-state index < -0.39 is 35.2 Å². The van der Waals surface area contributed by atoms with Crippen molar-refractivity contribution in [3.05, 3.63) is 27.8 Å². The lowest BCUT2D eigenvalue weighted by Gasteiger charge is -2.32. The summed E-state index contributed by atoms with van der Waals surface area (Å²) in [4.78, 5) is 50.3. The van der Waals surface area contributed by atoms with Crippen molar-refractivity contribution >= 4 is 52.3 Å². The first kappa shape index (κ1) is 36.5. The Balaban J connectivity index is 2.66. The SMILES string of the molecule is CC(C)(C)OC(=O)CC[C@H](NC(=O)N[C@@H](CCCCNC(=O)Nc1ccc([125I])cc1)C(C)(C)C)C(=O)OC(C)(C)C. The molecule has 0 fully saturated rings. The van der Waals surface area contributed by atoms with Gasteiger partial charge in [0.15, 0.2) is 0 Å². The van der Waals surface area contributed by atoms with Crippen molar-refractivity contribution in [2.45, 2.75) is 118 Å². The van der Waals surface area contributed by atoms with Crippen LogP contribution in [-0.2, 0) is 19.1 Å². The molecule has 0 heterocycles. The van der Waals surface area contributed by atoms with Crippen LogP contribution in [0.4, 0.5) is 15.3 Å². The highest BCUT2D eigenvalue weighted by Gasteiger charge is 2.31. The predicted molar refractivity (Wildman–Crippen MR) is 170 cm³/mol. The van der Waals surface area contributed by atoms with E-state index >= 15 is 0 Å². The van der Waals surface area contributed by atoms with Crippen LogP contribution in [-0.4, -0.2) is 53.8 Å². The van der Waals surface area contributed by atoms with E-state index in [9.17, 15) is 19.2 Å². The van der Waals surface area contributed by atoms with Crippen LogP contribution in [0.1, 0.15) is 94.4 Å². The van der Waals surface area contributed by atoms with E-state index in [1.165, 1.54) is 0 Å². The molecule has 1 rings (SSSR count). The Morgan fingerprint density at radius 3 is 1.90 bits per heavy atom. The minimum atomic E-state index is -1.02. The molecule has 0 bridgehead atoms. The Labute approximate surface area is 259 Å². The minimum absolute atomic E-state index is 0.0473. The van der Waals surface area contributed by atoms with Gasteiger partial charge in [-0.1, -0.05) is 20.8 Å². The molecule has 0 aliphatic heterocycles. The molecule has 0 radical (unpaired) electrons. The Kier molecular flexibility index (Phi) is 14.4.